The Hall–Kier alpha value is -4.72. The molecule has 0 saturated heterocycles. The molecule has 382 valence electrons. The highest BCUT2D eigenvalue weighted by Crippen LogP contribution is 2.51. The summed E-state index contributed by atoms with van der Waals surface area (Å²) in [4.78, 5) is 12.1. The maximum absolute atomic E-state index is 13.3. The van der Waals surface area contributed by atoms with Gasteiger partial charge in [0.15, 0.2) is 0 Å². The quantitative estimate of drug-likeness (QED) is 0.0761. The monoisotopic (exact) mass is 1000 g/mol. The van der Waals surface area contributed by atoms with E-state index in [9.17, 15) is 31.1 Å². The van der Waals surface area contributed by atoms with Crippen LogP contribution in [0.3, 0.4) is 0 Å². The molecule has 4 aromatic rings. The van der Waals surface area contributed by atoms with E-state index >= 15 is 0 Å². The van der Waals surface area contributed by atoms with Crippen LogP contribution in [0.4, 0.5) is 26.3 Å². The van der Waals surface area contributed by atoms with Crippen LogP contribution < -0.4 is 8.85 Å². The van der Waals surface area contributed by atoms with Crippen LogP contribution >= 0.6 is 0 Å². The fourth-order valence-electron chi connectivity index (χ4n) is 8.34. The molecule has 0 amide bonds. The lowest BCUT2D eigenvalue weighted by Gasteiger charge is -2.38. The summed E-state index contributed by atoms with van der Waals surface area (Å²) in [5.41, 5.74) is 4.82. The molecule has 0 fully saturated rings. The van der Waals surface area contributed by atoms with Gasteiger partial charge in [-0.2, -0.15) is 26.3 Å². The van der Waals surface area contributed by atoms with Gasteiger partial charge in [-0.05, 0) is 171 Å². The number of carbonyl (C=O) groups is 1. The van der Waals surface area contributed by atoms with Crippen molar-refractivity contribution in [2.75, 3.05) is 0 Å². The number of hydrogen-bond acceptors (Lipinski definition) is 3. The van der Waals surface area contributed by atoms with Crippen LogP contribution in [0.2, 0.25) is 36.3 Å². The molecule has 0 saturated carbocycles. The Kier molecular flexibility index (Phi) is 18.4. The maximum atomic E-state index is 13.3. The topological polar surface area (TPSA) is 35.5 Å². The third kappa shape index (κ3) is 12.1. The van der Waals surface area contributed by atoms with Crippen molar-refractivity contribution in [2.24, 2.45) is 5.41 Å². The summed E-state index contributed by atoms with van der Waals surface area (Å²) >= 11 is 0. The number of alkyl halides is 6. The third-order valence-corrected chi connectivity index (χ3v) is 24.5. The summed E-state index contributed by atoms with van der Waals surface area (Å²) in [7, 11) is -3.90. The van der Waals surface area contributed by atoms with Crippen molar-refractivity contribution in [3.63, 3.8) is 0 Å². The lowest BCUT2D eigenvalue weighted by atomic mass is 9.70. The Morgan fingerprint density at radius 1 is 0.514 bits per heavy atom. The Morgan fingerprint density at radius 2 is 0.814 bits per heavy atom. The molecule has 0 bridgehead atoms. The van der Waals surface area contributed by atoms with Gasteiger partial charge in [-0.1, -0.05) is 130 Å². The lowest BCUT2D eigenvalue weighted by Crippen LogP contribution is -2.53. The zero-order valence-electron chi connectivity index (χ0n) is 45.3. The van der Waals surface area contributed by atoms with Gasteiger partial charge in [0, 0.05) is 22.0 Å². The van der Waals surface area contributed by atoms with Crippen molar-refractivity contribution < 1.29 is 40.0 Å². The number of aryl methyl sites for hydroxylation is 4. The molecular weight excluding hydrogens is 927 g/mol. The number of rotatable bonds is 13. The molecule has 0 radical (unpaired) electrons. The molecule has 0 N–H and O–H groups in total. The van der Waals surface area contributed by atoms with Gasteiger partial charge in [0.05, 0.1) is 0 Å². The first-order chi connectivity index (χ1) is 31.9. The van der Waals surface area contributed by atoms with E-state index in [1.165, 1.54) is 22.3 Å². The molecule has 0 spiro atoms. The first kappa shape index (κ1) is 59.6. The van der Waals surface area contributed by atoms with Gasteiger partial charge >= 0.3 is 12.4 Å². The maximum Gasteiger partial charge on any atom is 0.410 e. The number of terminal acetylenes is 1. The van der Waals surface area contributed by atoms with Crippen LogP contribution in [0.25, 0.3) is 0 Å². The molecule has 4 rings (SSSR count). The average Bonchev–Trinajstić information content (AvgIpc) is 3.24. The van der Waals surface area contributed by atoms with Gasteiger partial charge in [-0.3, -0.25) is 4.79 Å². The van der Waals surface area contributed by atoms with Crippen LogP contribution in [0, 0.1) is 57.3 Å². The van der Waals surface area contributed by atoms with Crippen molar-refractivity contribution in [3.8, 4) is 35.7 Å². The fraction of sp³-hybridized carbons (Fsp3) is 0.508. The summed E-state index contributed by atoms with van der Waals surface area (Å²) in [5.74, 6) is 6.29. The summed E-state index contributed by atoms with van der Waals surface area (Å²) in [5, 5.41) is 0.227. The smallest absolute Gasteiger partial charge is 0.410 e. The van der Waals surface area contributed by atoms with E-state index in [-0.39, 0.29) is 28.0 Å². The highest BCUT2D eigenvalue weighted by Gasteiger charge is 2.71. The van der Waals surface area contributed by atoms with Crippen LogP contribution in [0.15, 0.2) is 72.8 Å². The van der Waals surface area contributed by atoms with Crippen molar-refractivity contribution in [1.29, 1.82) is 0 Å². The van der Waals surface area contributed by atoms with Gasteiger partial charge in [0.25, 0.3) is 0 Å². The molecule has 11 heteroatoms. The minimum Gasteiger partial charge on any atom is -0.543 e. The summed E-state index contributed by atoms with van der Waals surface area (Å²) in [6.45, 7) is 38.9. The Labute approximate surface area is 419 Å². The zero-order chi connectivity index (χ0) is 53.9. The number of hydrogen-bond donors (Lipinski definition) is 0. The Balaban J connectivity index is 0.000000392. The van der Waals surface area contributed by atoms with E-state index in [4.69, 9.17) is 15.3 Å². The van der Waals surface area contributed by atoms with Crippen LogP contribution in [-0.2, 0) is 15.6 Å². The number of ketones is 1. The highest BCUT2D eigenvalue weighted by molar-refractivity contribution is 6.75. The van der Waals surface area contributed by atoms with Gasteiger partial charge in [-0.25, -0.2) is 0 Å². The Morgan fingerprint density at radius 3 is 1.07 bits per heavy atom. The standard InChI is InChI=1S/C32H40F6O2Si.C27H38OSi/c1-11-30(12-2,25-16-17-26(22(4)20-25)40-41(9,10)28(5,6)7)24-15-13-23(21(3)19-24)14-18-27(39)29(8,31(33,34)35)32(36,37)38;1-11-22-14-15-23(18-20(22)4)27(12-2,13-3)24-16-17-25(21(5)19-24)28-29(9,10)26(6,7)8/h13,15-17,19-20H,11-12H2,1-10H3;1,14-19H,12-13H2,2-10H3. The van der Waals surface area contributed by atoms with E-state index < -0.39 is 45.6 Å². The zero-order valence-corrected chi connectivity index (χ0v) is 47.3. The number of halogens is 6. The fourth-order valence-corrected chi connectivity index (χ4v) is 10.5. The van der Waals surface area contributed by atoms with Gasteiger partial charge < -0.3 is 8.85 Å². The first-order valence-electron chi connectivity index (χ1n) is 24.4. The molecule has 0 atom stereocenters. The molecule has 0 unspecified atom stereocenters. The van der Waals surface area contributed by atoms with Crippen molar-refractivity contribution in [3.05, 3.63) is 128 Å². The third-order valence-electron chi connectivity index (χ3n) is 15.8. The summed E-state index contributed by atoms with van der Waals surface area (Å²) < 4.78 is 92.6. The van der Waals surface area contributed by atoms with Gasteiger partial charge in [0.2, 0.25) is 27.8 Å². The number of Topliss-reactive ketones (excluding diaryl/α,β-unsaturated/α-hetero) is 1. The summed E-state index contributed by atoms with van der Waals surface area (Å²) in [6.07, 6.45) is -2.46. The second-order valence-electron chi connectivity index (χ2n) is 22.2. The predicted molar refractivity (Wildman–Crippen MR) is 283 cm³/mol. The van der Waals surface area contributed by atoms with E-state index in [0.717, 1.165) is 59.4 Å². The SMILES string of the molecule is C#Cc1ccc(C(CC)(CC)c2ccc(O[Si](C)(C)C(C)(C)C)c(C)c2)cc1C.CCC(CC)(c1ccc(C#CC(=O)C(C)(C(F)(F)F)C(F)(F)F)c(C)c1)c1ccc(O[Si](C)(C)C(C)(C)C)c(C)c1. The molecular formula is C59H78F6O3Si2. The molecule has 0 aliphatic heterocycles. The summed E-state index contributed by atoms with van der Waals surface area (Å²) in [6, 6.07) is 24.7. The molecule has 0 aromatic heterocycles. The predicted octanol–water partition coefficient (Wildman–Crippen LogP) is 17.6. The first-order valence-corrected chi connectivity index (χ1v) is 30.2. The molecule has 0 aliphatic carbocycles. The van der Waals surface area contributed by atoms with Crippen molar-refractivity contribution in [2.45, 2.75) is 189 Å². The minimum atomic E-state index is -5.83. The van der Waals surface area contributed by atoms with E-state index in [2.05, 4.69) is 170 Å². The van der Waals surface area contributed by atoms with E-state index in [0.29, 0.717) is 5.56 Å². The van der Waals surface area contributed by atoms with Crippen LogP contribution in [0.1, 0.15) is 157 Å². The minimum absolute atomic E-state index is 0.0157. The van der Waals surface area contributed by atoms with E-state index in [1.54, 1.807) is 25.0 Å². The Bertz CT molecular complexity index is 2580. The second-order valence-corrected chi connectivity index (χ2v) is 31.6. The molecule has 4 aromatic carbocycles. The van der Waals surface area contributed by atoms with Crippen LogP contribution in [-0.4, -0.2) is 34.8 Å². The molecule has 70 heavy (non-hydrogen) atoms. The van der Waals surface area contributed by atoms with Gasteiger partial charge in [0.1, 0.15) is 11.5 Å². The molecule has 0 heterocycles. The lowest BCUT2D eigenvalue weighted by molar-refractivity contribution is -0.316. The number of carbonyl (C=O) groups excluding carboxylic acids is 1. The van der Waals surface area contributed by atoms with Crippen molar-refractivity contribution >= 4 is 22.4 Å². The van der Waals surface area contributed by atoms with Crippen LogP contribution in [0.5, 0.6) is 11.5 Å². The molecule has 0 aliphatic rings. The highest BCUT2D eigenvalue weighted by atomic mass is 28.4. The van der Waals surface area contributed by atoms with Gasteiger partial charge in [-0.15, -0.1) is 6.42 Å². The largest absolute Gasteiger partial charge is 0.543 e. The normalized spacial score (nSPS) is 13.1. The number of benzene rings is 4. The molecule has 3 nitrogen and oxygen atoms in total. The second kappa shape index (κ2) is 21.6. The van der Waals surface area contributed by atoms with Crippen molar-refractivity contribution in [1.82, 2.24) is 0 Å². The van der Waals surface area contributed by atoms with E-state index in [1.807, 2.05) is 19.1 Å². The average molecular weight is 1010 g/mol.